The van der Waals surface area contributed by atoms with Crippen molar-refractivity contribution in [1.29, 1.82) is 0 Å². The lowest BCUT2D eigenvalue weighted by Crippen LogP contribution is -2.32. The smallest absolute Gasteiger partial charge is 0.273 e. The van der Waals surface area contributed by atoms with Crippen molar-refractivity contribution in [2.75, 3.05) is 41.4 Å². The van der Waals surface area contributed by atoms with Crippen molar-refractivity contribution in [3.05, 3.63) is 41.6 Å². The number of likely N-dealkylation sites (N-methyl/N-ethyl adjacent to an activating group) is 1. The highest BCUT2D eigenvalue weighted by atomic mass is 16.5. The van der Waals surface area contributed by atoms with Gasteiger partial charge in [-0.1, -0.05) is 19.1 Å². The van der Waals surface area contributed by atoms with Crippen LogP contribution in [0.2, 0.25) is 0 Å². The van der Waals surface area contributed by atoms with Crippen molar-refractivity contribution in [1.82, 2.24) is 20.1 Å². The molecule has 0 aliphatic heterocycles. The number of nitrogens with zero attached hydrogens (tertiary/aromatic N) is 3. The zero-order chi connectivity index (χ0) is 22.1. The van der Waals surface area contributed by atoms with Gasteiger partial charge < -0.3 is 24.1 Å². The van der Waals surface area contributed by atoms with E-state index in [9.17, 15) is 4.79 Å². The molecule has 0 aliphatic carbocycles. The molecule has 0 bridgehead atoms. The van der Waals surface area contributed by atoms with E-state index in [-0.39, 0.29) is 11.9 Å². The first-order chi connectivity index (χ1) is 14.4. The monoisotopic (exact) mass is 418 g/mol. The summed E-state index contributed by atoms with van der Waals surface area (Å²) in [6, 6.07) is 6.14. The maximum atomic E-state index is 12.3. The Morgan fingerprint density at radius 1 is 1.23 bits per heavy atom. The van der Waals surface area contributed by atoms with E-state index in [0.717, 1.165) is 24.3 Å². The normalized spacial score (nSPS) is 12.3. The molecule has 1 heterocycles. The fourth-order valence-electron chi connectivity index (χ4n) is 3.07. The van der Waals surface area contributed by atoms with Gasteiger partial charge in [0, 0.05) is 31.2 Å². The van der Waals surface area contributed by atoms with Crippen LogP contribution < -0.4 is 14.8 Å². The minimum Gasteiger partial charge on any atom is -0.493 e. The van der Waals surface area contributed by atoms with Gasteiger partial charge in [0.05, 0.1) is 20.8 Å². The molecule has 1 atom stereocenters. The highest BCUT2D eigenvalue weighted by molar-refractivity contribution is 5.91. The molecule has 0 spiro atoms. The van der Waals surface area contributed by atoms with Gasteiger partial charge in [0.25, 0.3) is 5.91 Å². The number of aromatic nitrogens is 1. The average molecular weight is 419 g/mol. The number of ether oxygens (including phenoxy) is 2. The number of carbonyl (C=O) groups is 1. The van der Waals surface area contributed by atoms with E-state index in [4.69, 9.17) is 13.9 Å². The quantitative estimate of drug-likeness (QED) is 0.568. The Hall–Kier alpha value is -2.58. The maximum absolute atomic E-state index is 12.3. The number of hydrogen-bond acceptors (Lipinski definition) is 7. The van der Waals surface area contributed by atoms with Gasteiger partial charge in [-0.25, -0.2) is 4.98 Å². The summed E-state index contributed by atoms with van der Waals surface area (Å²) < 4.78 is 16.6. The number of para-hydroxylation sites is 1. The summed E-state index contributed by atoms with van der Waals surface area (Å²) in [6.07, 6.45) is 2.38. The average Bonchev–Trinajstić information content (AvgIpc) is 3.20. The van der Waals surface area contributed by atoms with E-state index in [1.54, 1.807) is 14.2 Å². The first kappa shape index (κ1) is 23.7. The predicted molar refractivity (Wildman–Crippen MR) is 116 cm³/mol. The number of nitrogens with one attached hydrogen (secondary N) is 1. The van der Waals surface area contributed by atoms with Gasteiger partial charge in [0.15, 0.2) is 17.2 Å². The maximum Gasteiger partial charge on any atom is 0.273 e. The van der Waals surface area contributed by atoms with E-state index >= 15 is 0 Å². The van der Waals surface area contributed by atoms with Crippen LogP contribution in [-0.4, -0.2) is 68.1 Å². The number of carbonyl (C=O) groups excluding carboxylic acids is 1. The topological polar surface area (TPSA) is 80.1 Å². The van der Waals surface area contributed by atoms with Crippen LogP contribution in [0.15, 0.2) is 28.9 Å². The predicted octanol–water partition coefficient (Wildman–Crippen LogP) is 2.78. The summed E-state index contributed by atoms with van der Waals surface area (Å²) in [6.45, 7) is 6.75. The molecule has 8 nitrogen and oxygen atoms in total. The van der Waals surface area contributed by atoms with Crippen LogP contribution in [0.5, 0.6) is 11.5 Å². The van der Waals surface area contributed by atoms with Crippen LogP contribution >= 0.6 is 0 Å². The largest absolute Gasteiger partial charge is 0.493 e. The molecular weight excluding hydrogens is 384 g/mol. The molecule has 0 saturated carbocycles. The number of hydrogen-bond donors (Lipinski definition) is 1. The zero-order valence-electron chi connectivity index (χ0n) is 18.9. The lowest BCUT2D eigenvalue weighted by molar-refractivity contribution is 0.0946. The third-order valence-electron chi connectivity index (χ3n) is 5.04. The van der Waals surface area contributed by atoms with Crippen LogP contribution in [0.3, 0.4) is 0 Å². The fraction of sp³-hybridized carbons (Fsp3) is 0.545. The molecule has 1 aromatic carbocycles. The Morgan fingerprint density at radius 2 is 2.00 bits per heavy atom. The van der Waals surface area contributed by atoms with E-state index in [1.165, 1.54) is 6.26 Å². The summed E-state index contributed by atoms with van der Waals surface area (Å²) in [4.78, 5) is 20.9. The zero-order valence-corrected chi connectivity index (χ0v) is 18.9. The van der Waals surface area contributed by atoms with Crippen molar-refractivity contribution in [2.45, 2.75) is 39.4 Å². The molecular formula is C22H34N4O4. The third kappa shape index (κ3) is 6.47. The Morgan fingerprint density at radius 3 is 2.63 bits per heavy atom. The second kappa shape index (κ2) is 11.6. The van der Waals surface area contributed by atoms with E-state index in [2.05, 4.69) is 29.0 Å². The summed E-state index contributed by atoms with van der Waals surface area (Å²) in [7, 11) is 7.19. The molecule has 1 aromatic heterocycles. The van der Waals surface area contributed by atoms with E-state index in [1.807, 2.05) is 37.2 Å². The molecule has 0 fully saturated rings. The van der Waals surface area contributed by atoms with E-state index < -0.39 is 0 Å². The van der Waals surface area contributed by atoms with Gasteiger partial charge in [-0.3, -0.25) is 9.69 Å². The number of rotatable bonds is 12. The summed E-state index contributed by atoms with van der Waals surface area (Å²) >= 11 is 0. The minimum atomic E-state index is -0.226. The van der Waals surface area contributed by atoms with Gasteiger partial charge in [-0.2, -0.15) is 0 Å². The van der Waals surface area contributed by atoms with E-state index in [0.29, 0.717) is 37.0 Å². The molecule has 0 saturated heterocycles. The lowest BCUT2D eigenvalue weighted by atomic mass is 10.1. The summed E-state index contributed by atoms with van der Waals surface area (Å²) in [5.74, 6) is 1.71. The molecule has 2 aromatic rings. The highest BCUT2D eigenvalue weighted by Gasteiger charge is 2.20. The second-order valence-corrected chi connectivity index (χ2v) is 7.50. The van der Waals surface area contributed by atoms with Gasteiger partial charge in [0.1, 0.15) is 6.26 Å². The van der Waals surface area contributed by atoms with Crippen molar-refractivity contribution >= 4 is 5.91 Å². The Bertz CT molecular complexity index is 806. The molecule has 166 valence electrons. The first-order valence-electron chi connectivity index (χ1n) is 10.2. The van der Waals surface area contributed by atoms with Gasteiger partial charge in [-0.15, -0.1) is 0 Å². The molecule has 0 aliphatic rings. The Labute approximate surface area is 179 Å². The summed E-state index contributed by atoms with van der Waals surface area (Å²) in [5, 5.41) is 2.85. The third-order valence-corrected chi connectivity index (χ3v) is 5.04. The molecule has 8 heteroatoms. The number of benzene rings is 1. The number of oxazole rings is 1. The van der Waals surface area contributed by atoms with Crippen LogP contribution in [-0.2, 0) is 13.1 Å². The first-order valence-corrected chi connectivity index (χ1v) is 10.2. The van der Waals surface area contributed by atoms with Crippen LogP contribution in [0.4, 0.5) is 0 Å². The summed E-state index contributed by atoms with van der Waals surface area (Å²) in [5.41, 5.74) is 1.32. The Kier molecular flexibility index (Phi) is 9.14. The Balaban J connectivity index is 2.11. The van der Waals surface area contributed by atoms with Gasteiger partial charge >= 0.3 is 0 Å². The van der Waals surface area contributed by atoms with Crippen LogP contribution in [0, 0.1) is 0 Å². The molecule has 30 heavy (non-hydrogen) atoms. The SMILES string of the molecule is CCC(C)N(Cc1nc(C(=O)NCCN(C)C)co1)Cc1cccc(OC)c1OC. The number of methoxy groups -OCH3 is 2. The standard InChI is InChI=1S/C22H34N4O4/c1-7-16(2)26(13-17-9-8-10-19(28-5)21(17)29-6)14-20-24-18(15-30-20)22(27)23-11-12-25(3)4/h8-10,15-16H,7,11-14H2,1-6H3,(H,23,27). The molecule has 1 N–H and O–H groups in total. The van der Waals surface area contributed by atoms with Crippen LogP contribution in [0.25, 0.3) is 0 Å². The molecule has 2 rings (SSSR count). The fourth-order valence-corrected chi connectivity index (χ4v) is 3.07. The number of amides is 1. The molecule has 1 unspecified atom stereocenters. The van der Waals surface area contributed by atoms with Crippen molar-refractivity contribution < 1.29 is 18.7 Å². The van der Waals surface area contributed by atoms with Gasteiger partial charge in [0.2, 0.25) is 5.89 Å². The second-order valence-electron chi connectivity index (χ2n) is 7.50. The lowest BCUT2D eigenvalue weighted by Gasteiger charge is -2.28. The minimum absolute atomic E-state index is 0.226. The van der Waals surface area contributed by atoms with Crippen molar-refractivity contribution in [3.63, 3.8) is 0 Å². The van der Waals surface area contributed by atoms with Crippen molar-refractivity contribution in [2.24, 2.45) is 0 Å². The van der Waals surface area contributed by atoms with Crippen molar-refractivity contribution in [3.8, 4) is 11.5 Å². The molecule has 1 amide bonds. The highest BCUT2D eigenvalue weighted by Crippen LogP contribution is 2.32. The van der Waals surface area contributed by atoms with Crippen LogP contribution in [0.1, 0.15) is 42.2 Å². The molecule has 0 radical (unpaired) electrons. The van der Waals surface area contributed by atoms with Gasteiger partial charge in [-0.05, 0) is 33.5 Å².